The Hall–Kier alpha value is -0.680. The predicted octanol–water partition coefficient (Wildman–Crippen LogP) is 2.65. The van der Waals surface area contributed by atoms with Crippen LogP contribution in [0.1, 0.15) is 5.56 Å². The van der Waals surface area contributed by atoms with Gasteiger partial charge in [0.2, 0.25) is 10.0 Å². The van der Waals surface area contributed by atoms with Gasteiger partial charge in [0.25, 0.3) is 5.92 Å². The summed E-state index contributed by atoms with van der Waals surface area (Å²) in [5.41, 5.74) is 3.17. The van der Waals surface area contributed by atoms with E-state index in [1.165, 1.54) is 4.72 Å². The Balaban J connectivity index is 0.00000441. The summed E-state index contributed by atoms with van der Waals surface area (Å²) >= 11 is 5.47. The van der Waals surface area contributed by atoms with Gasteiger partial charge in [0.15, 0.2) is 0 Å². The van der Waals surface area contributed by atoms with Crippen molar-refractivity contribution in [2.75, 3.05) is 13.1 Å². The first-order chi connectivity index (χ1) is 9.41. The van der Waals surface area contributed by atoms with Gasteiger partial charge in [-0.1, -0.05) is 17.7 Å². The Labute approximate surface area is 134 Å². The Morgan fingerprint density at radius 1 is 1.18 bits per heavy atom. The third kappa shape index (κ3) is 5.20. The van der Waals surface area contributed by atoms with Crippen LogP contribution in [0.3, 0.4) is 0 Å². The van der Waals surface area contributed by atoms with E-state index in [2.05, 4.69) is 0 Å². The zero-order valence-electron chi connectivity index (χ0n) is 10.6. The van der Waals surface area contributed by atoms with Crippen LogP contribution in [0.2, 0.25) is 5.02 Å². The normalized spacial score (nSPS) is 12.9. The number of sulfonamides is 1. The second-order valence-corrected chi connectivity index (χ2v) is 6.11. The molecule has 1 rings (SSSR count). The molecule has 22 heavy (non-hydrogen) atoms. The van der Waals surface area contributed by atoms with Crippen molar-refractivity contribution < 1.29 is 30.4 Å². The Morgan fingerprint density at radius 2 is 1.73 bits per heavy atom. The van der Waals surface area contributed by atoms with E-state index in [4.69, 9.17) is 17.3 Å². The molecule has 0 heterocycles. The number of nitrogens with two attached hydrogens (primary N) is 1. The molecule has 0 atom stereocenters. The number of halogens is 7. The number of nitrogens with one attached hydrogen (secondary N) is 1. The lowest BCUT2D eigenvalue weighted by Gasteiger charge is -2.18. The summed E-state index contributed by atoms with van der Waals surface area (Å²) in [7, 11) is -4.89. The highest BCUT2D eigenvalue weighted by atomic mass is 35.5. The molecule has 128 valence electrons. The lowest BCUT2D eigenvalue weighted by molar-refractivity contribution is -0.139. The van der Waals surface area contributed by atoms with E-state index in [9.17, 15) is 30.4 Å². The lowest BCUT2D eigenvalue weighted by atomic mass is 10.2. The molecule has 0 saturated heterocycles. The maximum absolute atomic E-state index is 12.9. The largest absolute Gasteiger partial charge is 0.417 e. The van der Waals surface area contributed by atoms with Gasteiger partial charge in [-0.25, -0.2) is 21.9 Å². The molecule has 0 radical (unpaired) electrons. The molecule has 1 aromatic rings. The lowest BCUT2D eigenvalue weighted by Crippen LogP contribution is -2.41. The quantitative estimate of drug-likeness (QED) is 0.761. The second kappa shape index (κ2) is 7.26. The number of hydrogen-bond acceptors (Lipinski definition) is 3. The summed E-state index contributed by atoms with van der Waals surface area (Å²) in [6.07, 6.45) is -5.01. The maximum atomic E-state index is 12.9. The van der Waals surface area contributed by atoms with Crippen molar-refractivity contribution in [1.82, 2.24) is 4.72 Å². The van der Waals surface area contributed by atoms with E-state index in [1.54, 1.807) is 0 Å². The van der Waals surface area contributed by atoms with Gasteiger partial charge in [-0.15, -0.1) is 12.4 Å². The molecule has 0 aromatic heterocycles. The zero-order chi connectivity index (χ0) is 16.5. The van der Waals surface area contributed by atoms with E-state index < -0.39 is 50.7 Å². The molecule has 0 aliphatic rings. The number of alkyl halides is 5. The van der Waals surface area contributed by atoms with Crippen LogP contribution in [0.4, 0.5) is 22.0 Å². The molecule has 0 amide bonds. The van der Waals surface area contributed by atoms with E-state index in [0.29, 0.717) is 6.07 Å². The smallest absolute Gasteiger partial charge is 0.325 e. The second-order valence-electron chi connectivity index (χ2n) is 4.00. The first-order valence-electron chi connectivity index (χ1n) is 5.34. The maximum Gasteiger partial charge on any atom is 0.417 e. The van der Waals surface area contributed by atoms with Crippen LogP contribution in [-0.4, -0.2) is 27.4 Å². The van der Waals surface area contributed by atoms with Crippen molar-refractivity contribution in [2.45, 2.75) is 17.0 Å². The molecule has 0 aliphatic carbocycles. The summed E-state index contributed by atoms with van der Waals surface area (Å²) in [5, 5.41) is -0.728. The Morgan fingerprint density at radius 3 is 2.18 bits per heavy atom. The first kappa shape index (κ1) is 21.3. The van der Waals surface area contributed by atoms with Gasteiger partial charge in [0, 0.05) is 0 Å². The van der Waals surface area contributed by atoms with E-state index in [-0.39, 0.29) is 12.4 Å². The molecule has 3 N–H and O–H groups in total. The Kier molecular flexibility index (Phi) is 7.04. The average molecular weight is 389 g/mol. The molecule has 0 unspecified atom stereocenters. The predicted molar refractivity (Wildman–Crippen MR) is 72.9 cm³/mol. The minimum atomic E-state index is -5.01. The van der Waals surface area contributed by atoms with Crippen molar-refractivity contribution >= 4 is 34.0 Å². The van der Waals surface area contributed by atoms with Gasteiger partial charge in [0.1, 0.15) is 4.90 Å². The van der Waals surface area contributed by atoms with Crippen molar-refractivity contribution in [3.05, 3.63) is 28.8 Å². The fourth-order valence-corrected chi connectivity index (χ4v) is 3.17. The summed E-state index contributed by atoms with van der Waals surface area (Å²) < 4.78 is 89.2. The van der Waals surface area contributed by atoms with Gasteiger partial charge in [0.05, 0.1) is 23.7 Å². The van der Waals surface area contributed by atoms with Gasteiger partial charge in [-0.05, 0) is 12.1 Å². The van der Waals surface area contributed by atoms with E-state index >= 15 is 0 Å². The molecule has 4 nitrogen and oxygen atoms in total. The molecule has 0 saturated carbocycles. The molecule has 0 bridgehead atoms. The van der Waals surface area contributed by atoms with Crippen LogP contribution in [0.15, 0.2) is 23.1 Å². The van der Waals surface area contributed by atoms with Gasteiger partial charge in [-0.2, -0.15) is 13.2 Å². The molecule has 0 fully saturated rings. The SMILES string of the molecule is Cl.NCC(F)(F)CNS(=O)(=O)c1c(Cl)cccc1C(F)(F)F. The van der Waals surface area contributed by atoms with Crippen molar-refractivity contribution in [1.29, 1.82) is 0 Å². The van der Waals surface area contributed by atoms with Crippen LogP contribution in [0.25, 0.3) is 0 Å². The standard InChI is InChI=1S/C10H10ClF5N2O2S.ClH/c11-7-3-1-2-6(10(14,15)16)8(7)21(19,20)18-5-9(12,13)4-17;/h1-3,18H,4-5,17H2;1H. The van der Waals surface area contributed by atoms with Crippen molar-refractivity contribution in [3.63, 3.8) is 0 Å². The highest BCUT2D eigenvalue weighted by molar-refractivity contribution is 7.89. The van der Waals surface area contributed by atoms with Crippen LogP contribution in [0, 0.1) is 0 Å². The number of benzene rings is 1. The third-order valence-corrected chi connectivity index (χ3v) is 4.29. The fraction of sp³-hybridized carbons (Fsp3) is 0.400. The Bertz CT molecular complexity index is 622. The number of hydrogen-bond donors (Lipinski definition) is 2. The fourth-order valence-electron chi connectivity index (χ4n) is 1.35. The van der Waals surface area contributed by atoms with Crippen molar-refractivity contribution in [3.8, 4) is 0 Å². The first-order valence-corrected chi connectivity index (χ1v) is 7.20. The molecular formula is C10H11Cl2F5N2O2S. The molecular weight excluding hydrogens is 378 g/mol. The number of rotatable bonds is 5. The molecule has 1 aromatic carbocycles. The van der Waals surface area contributed by atoms with E-state index in [0.717, 1.165) is 12.1 Å². The van der Waals surface area contributed by atoms with Gasteiger partial charge in [-0.3, -0.25) is 0 Å². The minimum absolute atomic E-state index is 0. The highest BCUT2D eigenvalue weighted by Crippen LogP contribution is 2.37. The van der Waals surface area contributed by atoms with Crippen LogP contribution >= 0.6 is 24.0 Å². The van der Waals surface area contributed by atoms with Gasteiger partial charge < -0.3 is 5.73 Å². The summed E-state index contributed by atoms with van der Waals surface area (Å²) in [6, 6.07) is 2.30. The third-order valence-electron chi connectivity index (χ3n) is 2.36. The summed E-state index contributed by atoms with van der Waals surface area (Å²) in [6.45, 7) is -2.60. The molecule has 0 aliphatic heterocycles. The topological polar surface area (TPSA) is 72.2 Å². The average Bonchev–Trinajstić information content (AvgIpc) is 2.35. The monoisotopic (exact) mass is 388 g/mol. The van der Waals surface area contributed by atoms with E-state index in [1.807, 2.05) is 0 Å². The highest BCUT2D eigenvalue weighted by Gasteiger charge is 2.39. The van der Waals surface area contributed by atoms with Crippen molar-refractivity contribution in [2.24, 2.45) is 5.73 Å². The molecule has 12 heteroatoms. The van der Waals surface area contributed by atoms with Crippen LogP contribution < -0.4 is 10.5 Å². The zero-order valence-corrected chi connectivity index (χ0v) is 13.0. The van der Waals surface area contributed by atoms with Crippen LogP contribution in [-0.2, 0) is 16.2 Å². The summed E-state index contributed by atoms with van der Waals surface area (Å²) in [4.78, 5) is -1.30. The van der Waals surface area contributed by atoms with Gasteiger partial charge >= 0.3 is 6.18 Å². The minimum Gasteiger partial charge on any atom is -0.325 e. The summed E-state index contributed by atoms with van der Waals surface area (Å²) in [5.74, 6) is -3.59. The van der Waals surface area contributed by atoms with Crippen LogP contribution in [0.5, 0.6) is 0 Å². The molecule has 0 spiro atoms.